The highest BCUT2D eigenvalue weighted by atomic mass is 32.2. The number of nitro benzene ring substituents is 1. The van der Waals surface area contributed by atoms with Crippen LogP contribution < -0.4 is 5.73 Å². The quantitative estimate of drug-likeness (QED) is 0.661. The van der Waals surface area contributed by atoms with Crippen LogP contribution in [0.4, 0.5) is 5.69 Å². The minimum atomic E-state index is -3.42. The van der Waals surface area contributed by atoms with Gasteiger partial charge in [0.2, 0.25) is 10.0 Å². The number of nitro groups is 1. The molecule has 0 radical (unpaired) electrons. The summed E-state index contributed by atoms with van der Waals surface area (Å²) in [6.45, 7) is 2.80. The van der Waals surface area contributed by atoms with Crippen LogP contribution in [0.1, 0.15) is 18.9 Å². The van der Waals surface area contributed by atoms with Gasteiger partial charge in [0.25, 0.3) is 5.69 Å². The number of non-ortho nitro benzene ring substituents is 1. The van der Waals surface area contributed by atoms with Crippen molar-refractivity contribution in [2.24, 2.45) is 11.7 Å². The molecule has 0 spiro atoms. The van der Waals surface area contributed by atoms with Crippen LogP contribution in [0.25, 0.3) is 0 Å². The van der Waals surface area contributed by atoms with Crippen molar-refractivity contribution in [2.75, 3.05) is 13.1 Å². The van der Waals surface area contributed by atoms with Crippen molar-refractivity contribution >= 4 is 15.7 Å². The van der Waals surface area contributed by atoms with E-state index in [1.807, 2.05) is 6.92 Å². The predicted octanol–water partition coefficient (Wildman–Crippen LogP) is 1.09. The maximum atomic E-state index is 12.4. The zero-order chi connectivity index (χ0) is 15.6. The van der Waals surface area contributed by atoms with Crippen LogP contribution in [-0.2, 0) is 15.8 Å². The predicted molar refractivity (Wildman–Crippen MR) is 79.0 cm³/mol. The van der Waals surface area contributed by atoms with Crippen LogP contribution in [0, 0.1) is 16.0 Å². The average molecular weight is 313 g/mol. The highest BCUT2D eigenvalue weighted by Gasteiger charge is 2.30. The monoisotopic (exact) mass is 313 g/mol. The van der Waals surface area contributed by atoms with Gasteiger partial charge in [-0.15, -0.1) is 0 Å². The first-order chi connectivity index (χ1) is 9.79. The summed E-state index contributed by atoms with van der Waals surface area (Å²) in [6, 6.07) is 5.64. The summed E-state index contributed by atoms with van der Waals surface area (Å²) in [7, 11) is -3.42. The SMILES string of the molecule is CC1CN(S(=O)(=O)Cc2ccc([N+](=O)[O-])cc2)CCC1N. The summed E-state index contributed by atoms with van der Waals surface area (Å²) in [5, 5.41) is 10.6. The van der Waals surface area contributed by atoms with E-state index in [0.717, 1.165) is 0 Å². The van der Waals surface area contributed by atoms with Gasteiger partial charge in [0.15, 0.2) is 0 Å². The van der Waals surface area contributed by atoms with Gasteiger partial charge in [-0.3, -0.25) is 10.1 Å². The second-order valence-corrected chi connectivity index (χ2v) is 7.44. The van der Waals surface area contributed by atoms with Crippen LogP contribution in [0.3, 0.4) is 0 Å². The third-order valence-electron chi connectivity index (χ3n) is 3.82. The molecule has 0 bridgehead atoms. The fraction of sp³-hybridized carbons (Fsp3) is 0.538. The largest absolute Gasteiger partial charge is 0.327 e. The Kier molecular flexibility index (Phi) is 4.60. The zero-order valence-electron chi connectivity index (χ0n) is 11.8. The number of benzene rings is 1. The van der Waals surface area contributed by atoms with E-state index in [2.05, 4.69) is 0 Å². The van der Waals surface area contributed by atoms with E-state index in [1.54, 1.807) is 0 Å². The molecule has 1 fully saturated rings. The van der Waals surface area contributed by atoms with Crippen molar-refractivity contribution < 1.29 is 13.3 Å². The maximum Gasteiger partial charge on any atom is 0.269 e. The van der Waals surface area contributed by atoms with Crippen LogP contribution in [0.5, 0.6) is 0 Å². The first-order valence-corrected chi connectivity index (χ1v) is 8.37. The normalized spacial score (nSPS) is 23.9. The van der Waals surface area contributed by atoms with Gasteiger partial charge in [0.05, 0.1) is 10.7 Å². The Bertz CT molecular complexity index is 615. The third kappa shape index (κ3) is 3.78. The molecule has 8 heteroatoms. The molecule has 0 aliphatic carbocycles. The summed E-state index contributed by atoms with van der Waals surface area (Å²) in [5.41, 5.74) is 6.39. The van der Waals surface area contributed by atoms with Gasteiger partial charge in [-0.2, -0.15) is 0 Å². The highest BCUT2D eigenvalue weighted by molar-refractivity contribution is 7.88. The minimum absolute atomic E-state index is 0.0378. The molecule has 116 valence electrons. The Balaban J connectivity index is 2.08. The maximum absolute atomic E-state index is 12.4. The summed E-state index contributed by atoms with van der Waals surface area (Å²) < 4.78 is 26.2. The lowest BCUT2D eigenvalue weighted by molar-refractivity contribution is -0.384. The molecule has 0 saturated carbocycles. The van der Waals surface area contributed by atoms with Crippen molar-refractivity contribution in [1.82, 2.24) is 4.31 Å². The fourth-order valence-electron chi connectivity index (χ4n) is 2.39. The van der Waals surface area contributed by atoms with E-state index >= 15 is 0 Å². The molecule has 0 amide bonds. The van der Waals surface area contributed by atoms with E-state index in [9.17, 15) is 18.5 Å². The van der Waals surface area contributed by atoms with Gasteiger partial charge < -0.3 is 5.73 Å². The molecule has 1 aliphatic heterocycles. The molecule has 1 saturated heterocycles. The van der Waals surface area contributed by atoms with Crippen molar-refractivity contribution in [3.05, 3.63) is 39.9 Å². The molecule has 2 atom stereocenters. The Morgan fingerprint density at radius 3 is 2.52 bits per heavy atom. The number of hydrogen-bond donors (Lipinski definition) is 1. The van der Waals surface area contributed by atoms with Crippen molar-refractivity contribution in [3.63, 3.8) is 0 Å². The second kappa shape index (κ2) is 6.08. The van der Waals surface area contributed by atoms with Crippen molar-refractivity contribution in [1.29, 1.82) is 0 Å². The number of piperidine rings is 1. The van der Waals surface area contributed by atoms with Gasteiger partial charge in [0.1, 0.15) is 0 Å². The number of nitrogens with zero attached hydrogens (tertiary/aromatic N) is 2. The van der Waals surface area contributed by atoms with Gasteiger partial charge in [-0.05, 0) is 17.9 Å². The number of nitrogens with two attached hydrogens (primary N) is 1. The van der Waals surface area contributed by atoms with Crippen LogP contribution in [0.15, 0.2) is 24.3 Å². The lowest BCUT2D eigenvalue weighted by Gasteiger charge is -2.34. The van der Waals surface area contributed by atoms with E-state index in [-0.39, 0.29) is 23.4 Å². The zero-order valence-corrected chi connectivity index (χ0v) is 12.6. The molecule has 1 aliphatic rings. The Labute approximate surface area is 123 Å². The molecular weight excluding hydrogens is 294 g/mol. The molecule has 2 rings (SSSR count). The molecular formula is C13H19N3O4S. The molecule has 21 heavy (non-hydrogen) atoms. The number of rotatable bonds is 4. The summed E-state index contributed by atoms with van der Waals surface area (Å²) in [4.78, 5) is 10.1. The van der Waals surface area contributed by atoms with Gasteiger partial charge in [-0.1, -0.05) is 19.1 Å². The van der Waals surface area contributed by atoms with Crippen LogP contribution in [0.2, 0.25) is 0 Å². The highest BCUT2D eigenvalue weighted by Crippen LogP contribution is 2.21. The summed E-state index contributed by atoms with van der Waals surface area (Å²) >= 11 is 0. The topological polar surface area (TPSA) is 107 Å². The van der Waals surface area contributed by atoms with E-state index in [0.29, 0.717) is 25.1 Å². The summed E-state index contributed by atoms with van der Waals surface area (Å²) in [5.74, 6) is -0.0159. The lowest BCUT2D eigenvalue weighted by atomic mass is 9.96. The van der Waals surface area contributed by atoms with Crippen LogP contribution in [-0.4, -0.2) is 36.8 Å². The molecule has 2 unspecified atom stereocenters. The van der Waals surface area contributed by atoms with Gasteiger partial charge in [0, 0.05) is 31.3 Å². The van der Waals surface area contributed by atoms with E-state index in [1.165, 1.54) is 28.6 Å². The van der Waals surface area contributed by atoms with Crippen molar-refractivity contribution in [3.8, 4) is 0 Å². The average Bonchev–Trinajstić information content (AvgIpc) is 2.42. The lowest BCUT2D eigenvalue weighted by Crippen LogP contribution is -2.48. The summed E-state index contributed by atoms with van der Waals surface area (Å²) in [6.07, 6.45) is 0.653. The van der Waals surface area contributed by atoms with Crippen LogP contribution >= 0.6 is 0 Å². The Morgan fingerprint density at radius 1 is 1.38 bits per heavy atom. The van der Waals surface area contributed by atoms with E-state index < -0.39 is 14.9 Å². The molecule has 1 aromatic carbocycles. The van der Waals surface area contributed by atoms with Gasteiger partial charge >= 0.3 is 0 Å². The molecule has 0 aromatic heterocycles. The smallest absolute Gasteiger partial charge is 0.269 e. The third-order valence-corrected chi connectivity index (χ3v) is 5.64. The van der Waals surface area contributed by atoms with Gasteiger partial charge in [-0.25, -0.2) is 12.7 Å². The minimum Gasteiger partial charge on any atom is -0.327 e. The number of sulfonamides is 1. The first kappa shape index (κ1) is 15.9. The fourth-order valence-corrected chi connectivity index (χ4v) is 4.04. The Morgan fingerprint density at radius 2 is 2.00 bits per heavy atom. The molecule has 2 N–H and O–H groups in total. The Hall–Kier alpha value is -1.51. The van der Waals surface area contributed by atoms with E-state index in [4.69, 9.17) is 5.73 Å². The molecule has 1 heterocycles. The second-order valence-electron chi connectivity index (χ2n) is 5.47. The molecule has 1 aromatic rings. The van der Waals surface area contributed by atoms with Crippen molar-refractivity contribution in [2.45, 2.75) is 25.1 Å². The standard InChI is InChI=1S/C13H19N3O4S/c1-10-8-15(7-6-13(10)14)21(19,20)9-11-2-4-12(5-3-11)16(17)18/h2-5,10,13H,6-9,14H2,1H3. The molecule has 7 nitrogen and oxygen atoms in total. The number of hydrogen-bond acceptors (Lipinski definition) is 5. The first-order valence-electron chi connectivity index (χ1n) is 6.76.